The Morgan fingerprint density at radius 1 is 1.25 bits per heavy atom. The van der Waals surface area contributed by atoms with E-state index in [1.807, 2.05) is 11.9 Å². The lowest BCUT2D eigenvalue weighted by atomic mass is 9.80. The highest BCUT2D eigenvalue weighted by Crippen LogP contribution is 2.33. The van der Waals surface area contributed by atoms with Gasteiger partial charge in [0, 0.05) is 32.2 Å². The molecule has 1 saturated carbocycles. The first-order chi connectivity index (χ1) is 7.68. The van der Waals surface area contributed by atoms with Crippen molar-refractivity contribution in [1.29, 1.82) is 0 Å². The number of likely N-dealkylation sites (N-methyl/N-ethyl adjacent to an activating group) is 1. The van der Waals surface area contributed by atoms with Gasteiger partial charge in [-0.3, -0.25) is 9.69 Å². The molecule has 4 nitrogen and oxygen atoms in total. The molecule has 0 radical (unpaired) electrons. The Balaban J connectivity index is 2.06. The molecule has 0 aromatic heterocycles. The molecule has 2 rings (SSSR count). The lowest BCUT2D eigenvalue weighted by molar-refractivity contribution is -0.138. The number of nitrogens with two attached hydrogens (primary N) is 1. The number of carbonyl (C=O) groups is 1. The zero-order valence-corrected chi connectivity index (χ0v) is 10.2. The Kier molecular flexibility index (Phi) is 3.50. The van der Waals surface area contributed by atoms with Gasteiger partial charge in [0.1, 0.15) is 0 Å². The van der Waals surface area contributed by atoms with E-state index in [2.05, 4.69) is 4.90 Å². The molecule has 92 valence electrons. The van der Waals surface area contributed by atoms with Crippen LogP contribution in [0.4, 0.5) is 0 Å². The minimum absolute atomic E-state index is 0.120. The quantitative estimate of drug-likeness (QED) is 0.741. The van der Waals surface area contributed by atoms with E-state index in [1.54, 1.807) is 0 Å². The number of nitrogens with zero attached hydrogens (tertiary/aromatic N) is 2. The van der Waals surface area contributed by atoms with Gasteiger partial charge in [0.15, 0.2) is 0 Å². The molecule has 0 bridgehead atoms. The molecule has 1 heterocycles. The second-order valence-electron chi connectivity index (χ2n) is 5.23. The highest BCUT2D eigenvalue weighted by molar-refractivity contribution is 5.78. The summed E-state index contributed by atoms with van der Waals surface area (Å²) < 4.78 is 0. The molecule has 16 heavy (non-hydrogen) atoms. The fraction of sp³-hybridized carbons (Fsp3) is 0.917. The van der Waals surface area contributed by atoms with E-state index in [9.17, 15) is 4.79 Å². The van der Waals surface area contributed by atoms with Gasteiger partial charge in [-0.2, -0.15) is 0 Å². The molecule has 1 aliphatic heterocycles. The first kappa shape index (κ1) is 11.9. The molecule has 1 saturated heterocycles. The van der Waals surface area contributed by atoms with Crippen LogP contribution in [-0.2, 0) is 4.79 Å². The van der Waals surface area contributed by atoms with Crippen molar-refractivity contribution < 1.29 is 4.79 Å². The molecule has 2 aliphatic rings. The summed E-state index contributed by atoms with van der Waals surface area (Å²) in [5.41, 5.74) is 6.10. The summed E-state index contributed by atoms with van der Waals surface area (Å²) >= 11 is 0. The molecule has 2 fully saturated rings. The molecule has 4 heteroatoms. The summed E-state index contributed by atoms with van der Waals surface area (Å²) in [6.07, 6.45) is 6.18. The molecule has 1 aliphatic carbocycles. The van der Waals surface area contributed by atoms with Gasteiger partial charge < -0.3 is 10.6 Å². The maximum atomic E-state index is 11.7. The summed E-state index contributed by atoms with van der Waals surface area (Å²) in [5.74, 6) is 0.240. The molecular weight excluding hydrogens is 202 g/mol. The zero-order chi connectivity index (χ0) is 11.6. The first-order valence-corrected chi connectivity index (χ1v) is 6.37. The Bertz CT molecular complexity index is 261. The zero-order valence-electron chi connectivity index (χ0n) is 10.2. The van der Waals surface area contributed by atoms with E-state index < -0.39 is 0 Å². The van der Waals surface area contributed by atoms with Crippen LogP contribution in [0.25, 0.3) is 0 Å². The number of rotatable bonds is 2. The molecule has 0 unspecified atom stereocenters. The van der Waals surface area contributed by atoms with Crippen molar-refractivity contribution in [3.05, 3.63) is 0 Å². The average Bonchev–Trinajstić information content (AvgIpc) is 2.33. The van der Waals surface area contributed by atoms with Crippen molar-refractivity contribution in [3.8, 4) is 0 Å². The van der Waals surface area contributed by atoms with Crippen LogP contribution in [0.15, 0.2) is 0 Å². The second kappa shape index (κ2) is 4.72. The van der Waals surface area contributed by atoms with Gasteiger partial charge in [-0.05, 0) is 12.8 Å². The molecule has 0 aromatic rings. The van der Waals surface area contributed by atoms with Gasteiger partial charge in [-0.25, -0.2) is 0 Å². The van der Waals surface area contributed by atoms with Gasteiger partial charge >= 0.3 is 0 Å². The third kappa shape index (κ3) is 2.09. The first-order valence-electron chi connectivity index (χ1n) is 6.37. The highest BCUT2D eigenvalue weighted by atomic mass is 16.2. The van der Waals surface area contributed by atoms with Crippen LogP contribution in [0.3, 0.4) is 0 Å². The third-order valence-electron chi connectivity index (χ3n) is 4.29. The molecule has 2 N–H and O–H groups in total. The van der Waals surface area contributed by atoms with E-state index in [-0.39, 0.29) is 11.4 Å². The lowest BCUT2D eigenvalue weighted by Gasteiger charge is -2.48. The van der Waals surface area contributed by atoms with Crippen molar-refractivity contribution in [2.45, 2.75) is 37.6 Å². The molecule has 0 spiro atoms. The fourth-order valence-electron chi connectivity index (χ4n) is 3.02. The van der Waals surface area contributed by atoms with Crippen LogP contribution < -0.4 is 5.73 Å². The molecule has 0 aromatic carbocycles. The summed E-state index contributed by atoms with van der Waals surface area (Å²) in [6, 6.07) is 0. The van der Waals surface area contributed by atoms with E-state index >= 15 is 0 Å². The third-order valence-corrected chi connectivity index (χ3v) is 4.29. The SMILES string of the molecule is CN1CCN(C2(CN)CCCCC2)CC1=O. The smallest absolute Gasteiger partial charge is 0.236 e. The second-order valence-corrected chi connectivity index (χ2v) is 5.23. The van der Waals surface area contributed by atoms with Crippen molar-refractivity contribution in [2.24, 2.45) is 5.73 Å². The van der Waals surface area contributed by atoms with Crippen LogP contribution in [-0.4, -0.2) is 54.5 Å². The summed E-state index contributed by atoms with van der Waals surface area (Å²) in [4.78, 5) is 15.9. The maximum Gasteiger partial charge on any atom is 0.236 e. The monoisotopic (exact) mass is 225 g/mol. The fourth-order valence-corrected chi connectivity index (χ4v) is 3.02. The van der Waals surface area contributed by atoms with Gasteiger partial charge in [-0.1, -0.05) is 19.3 Å². The van der Waals surface area contributed by atoms with Gasteiger partial charge in [0.2, 0.25) is 5.91 Å². The predicted octanol–water partition coefficient (Wildman–Crippen LogP) is 0.422. The van der Waals surface area contributed by atoms with Crippen molar-refractivity contribution in [3.63, 3.8) is 0 Å². The number of hydrogen-bond acceptors (Lipinski definition) is 3. The minimum Gasteiger partial charge on any atom is -0.343 e. The molecular formula is C12H23N3O. The molecule has 1 amide bonds. The predicted molar refractivity (Wildman–Crippen MR) is 64.1 cm³/mol. The number of piperazine rings is 1. The Morgan fingerprint density at radius 2 is 1.94 bits per heavy atom. The van der Waals surface area contributed by atoms with Gasteiger partial charge in [0.05, 0.1) is 6.54 Å². The highest BCUT2D eigenvalue weighted by Gasteiger charge is 2.39. The van der Waals surface area contributed by atoms with Crippen LogP contribution in [0, 0.1) is 0 Å². The minimum atomic E-state index is 0.120. The summed E-state index contributed by atoms with van der Waals surface area (Å²) in [6.45, 7) is 3.09. The largest absolute Gasteiger partial charge is 0.343 e. The standard InChI is InChI=1S/C12H23N3O/c1-14-7-8-15(9-11(14)16)12(10-13)5-3-2-4-6-12/h2-10,13H2,1H3. The van der Waals surface area contributed by atoms with Crippen molar-refractivity contribution in [2.75, 3.05) is 33.2 Å². The van der Waals surface area contributed by atoms with Gasteiger partial charge in [0.25, 0.3) is 0 Å². The number of hydrogen-bond donors (Lipinski definition) is 1. The van der Waals surface area contributed by atoms with Crippen LogP contribution >= 0.6 is 0 Å². The van der Waals surface area contributed by atoms with Crippen molar-refractivity contribution >= 4 is 5.91 Å². The normalized spacial score (nSPS) is 27.1. The van der Waals surface area contributed by atoms with Crippen LogP contribution in [0.2, 0.25) is 0 Å². The Hall–Kier alpha value is -0.610. The van der Waals surface area contributed by atoms with Crippen LogP contribution in [0.5, 0.6) is 0 Å². The topological polar surface area (TPSA) is 49.6 Å². The summed E-state index contributed by atoms with van der Waals surface area (Å²) in [5, 5.41) is 0. The Labute approximate surface area is 97.8 Å². The van der Waals surface area contributed by atoms with E-state index in [4.69, 9.17) is 5.73 Å². The Morgan fingerprint density at radius 3 is 2.50 bits per heavy atom. The lowest BCUT2D eigenvalue weighted by Crippen LogP contribution is -2.61. The average molecular weight is 225 g/mol. The maximum absolute atomic E-state index is 11.7. The number of amides is 1. The van der Waals surface area contributed by atoms with E-state index in [1.165, 1.54) is 32.1 Å². The van der Waals surface area contributed by atoms with Crippen molar-refractivity contribution in [1.82, 2.24) is 9.80 Å². The molecule has 0 atom stereocenters. The van der Waals surface area contributed by atoms with E-state index in [0.717, 1.165) is 13.1 Å². The van der Waals surface area contributed by atoms with E-state index in [0.29, 0.717) is 13.1 Å². The number of carbonyl (C=O) groups excluding carboxylic acids is 1. The van der Waals surface area contributed by atoms with Gasteiger partial charge in [-0.15, -0.1) is 0 Å². The van der Waals surface area contributed by atoms with Crippen LogP contribution in [0.1, 0.15) is 32.1 Å². The summed E-state index contributed by atoms with van der Waals surface area (Å²) in [7, 11) is 1.88.